The number of carbonyl (C=O) groups is 1. The van der Waals surface area contributed by atoms with Crippen LogP contribution in [0.4, 0.5) is 11.4 Å². The molecule has 0 radical (unpaired) electrons. The van der Waals surface area contributed by atoms with Gasteiger partial charge in [-0.15, -0.1) is 0 Å². The largest absolute Gasteiger partial charge is 0.478 e. The molecule has 0 aliphatic carbocycles. The van der Waals surface area contributed by atoms with Gasteiger partial charge in [0.2, 0.25) is 0 Å². The van der Waals surface area contributed by atoms with Crippen molar-refractivity contribution < 1.29 is 18.8 Å². The van der Waals surface area contributed by atoms with Gasteiger partial charge in [-0.05, 0) is 31.0 Å². The quantitative estimate of drug-likeness (QED) is 0.323. The minimum absolute atomic E-state index is 0.122. The normalized spacial score (nSPS) is 17.1. The van der Waals surface area contributed by atoms with Gasteiger partial charge in [0, 0.05) is 29.5 Å². The lowest BCUT2D eigenvalue weighted by molar-refractivity contribution is -0.131. The predicted molar refractivity (Wildman–Crippen MR) is 135 cm³/mol. The third-order valence-corrected chi connectivity index (χ3v) is 7.94. The number of hydrogen-bond donors (Lipinski definition) is 1. The first-order chi connectivity index (χ1) is 16.4. The molecule has 1 heterocycles. The summed E-state index contributed by atoms with van der Waals surface area (Å²) in [7, 11) is -1.31. The first kappa shape index (κ1) is 25.5. The van der Waals surface area contributed by atoms with Gasteiger partial charge in [-0.1, -0.05) is 57.7 Å². The zero-order chi connectivity index (χ0) is 24.6. The Balaban J connectivity index is 2.16. The summed E-state index contributed by atoms with van der Waals surface area (Å²) in [6, 6.07) is 15.5. The number of nitrogens with zero attached hydrogens (tertiary/aromatic N) is 2. The van der Waals surface area contributed by atoms with Crippen molar-refractivity contribution in [1.82, 2.24) is 0 Å². The highest BCUT2D eigenvalue weighted by Crippen LogP contribution is 2.45. The van der Waals surface area contributed by atoms with Gasteiger partial charge in [0.1, 0.15) is 11.8 Å². The maximum Gasteiger partial charge on any atom is 0.331 e. The standard InChI is InChI=1S/C27H32N2O4S/c1-3-5-13-27(14-6-4-2)19-29(22-10-8-7-9-11-22)23-16-21(18-28)24(33-15-12-26(30)31)17-25(23)34(32)20-27/h7-12,15-17H,3-6,13-14,19-20H2,1-2H3,(H,30,31)/b15-12+. The second-order valence-corrected chi connectivity index (χ2v) is 10.2. The summed E-state index contributed by atoms with van der Waals surface area (Å²) in [5.41, 5.74) is 1.87. The van der Waals surface area contributed by atoms with Crippen molar-refractivity contribution in [1.29, 1.82) is 5.26 Å². The molecule has 1 unspecified atom stereocenters. The van der Waals surface area contributed by atoms with Crippen molar-refractivity contribution in [3.8, 4) is 11.8 Å². The first-order valence-corrected chi connectivity index (χ1v) is 13.1. The van der Waals surface area contributed by atoms with Crippen LogP contribution in [0.1, 0.15) is 57.9 Å². The van der Waals surface area contributed by atoms with Crippen molar-refractivity contribution in [3.63, 3.8) is 0 Å². The molecule has 1 N–H and O–H groups in total. The zero-order valence-electron chi connectivity index (χ0n) is 19.8. The zero-order valence-corrected chi connectivity index (χ0v) is 20.6. The molecule has 0 aromatic heterocycles. The SMILES string of the molecule is CCCCC1(CCCC)CN(c2ccccc2)c2cc(C#N)c(O/C=C/C(=O)O)cc2S(=O)C1. The molecule has 0 spiro atoms. The van der Waals surface area contributed by atoms with Crippen LogP contribution in [0.15, 0.2) is 59.7 Å². The van der Waals surface area contributed by atoms with E-state index in [1.54, 1.807) is 12.1 Å². The van der Waals surface area contributed by atoms with Crippen LogP contribution < -0.4 is 9.64 Å². The number of fused-ring (bicyclic) bond motifs is 1. The van der Waals surface area contributed by atoms with Gasteiger partial charge in [0.05, 0.1) is 39.3 Å². The molecule has 34 heavy (non-hydrogen) atoms. The molecule has 1 aliphatic heterocycles. The summed E-state index contributed by atoms with van der Waals surface area (Å²) in [5.74, 6) is -0.405. The minimum atomic E-state index is -1.31. The molecule has 2 aromatic carbocycles. The smallest absolute Gasteiger partial charge is 0.331 e. The lowest BCUT2D eigenvalue weighted by Crippen LogP contribution is -2.37. The van der Waals surface area contributed by atoms with Crippen LogP contribution in [0.5, 0.6) is 5.75 Å². The molecule has 0 saturated heterocycles. The van der Waals surface area contributed by atoms with Crippen LogP contribution in [0.2, 0.25) is 0 Å². The number of carboxylic acids is 1. The van der Waals surface area contributed by atoms with E-state index in [9.17, 15) is 14.3 Å². The molecule has 0 bridgehead atoms. The van der Waals surface area contributed by atoms with Crippen molar-refractivity contribution in [2.75, 3.05) is 17.2 Å². The van der Waals surface area contributed by atoms with Gasteiger partial charge in [0.25, 0.3) is 0 Å². The van der Waals surface area contributed by atoms with Crippen LogP contribution in [0, 0.1) is 16.7 Å². The lowest BCUT2D eigenvalue weighted by atomic mass is 9.79. The van der Waals surface area contributed by atoms with E-state index >= 15 is 0 Å². The van der Waals surface area contributed by atoms with Gasteiger partial charge in [-0.2, -0.15) is 5.26 Å². The highest BCUT2D eigenvalue weighted by Gasteiger charge is 2.39. The van der Waals surface area contributed by atoms with E-state index in [0.717, 1.165) is 68.8 Å². The Morgan fingerprint density at radius 1 is 1.21 bits per heavy atom. The highest BCUT2D eigenvalue weighted by atomic mass is 32.2. The van der Waals surface area contributed by atoms with Gasteiger partial charge < -0.3 is 14.7 Å². The Kier molecular flexibility index (Phi) is 8.89. The number of nitriles is 1. The van der Waals surface area contributed by atoms with E-state index < -0.39 is 16.8 Å². The number of unbranched alkanes of at least 4 members (excludes halogenated alkanes) is 2. The molecular weight excluding hydrogens is 448 g/mol. The van der Waals surface area contributed by atoms with E-state index in [0.29, 0.717) is 10.6 Å². The van der Waals surface area contributed by atoms with Gasteiger partial charge >= 0.3 is 5.97 Å². The number of rotatable bonds is 10. The molecule has 2 aromatic rings. The van der Waals surface area contributed by atoms with Gasteiger partial charge in [0.15, 0.2) is 0 Å². The van der Waals surface area contributed by atoms with Crippen molar-refractivity contribution >= 4 is 28.1 Å². The van der Waals surface area contributed by atoms with Crippen molar-refractivity contribution in [2.45, 2.75) is 57.3 Å². The fourth-order valence-electron chi connectivity index (χ4n) is 4.48. The van der Waals surface area contributed by atoms with E-state index in [4.69, 9.17) is 9.84 Å². The van der Waals surface area contributed by atoms with Crippen LogP contribution in [-0.4, -0.2) is 27.6 Å². The number of aliphatic carboxylic acids is 1. The number of para-hydroxylation sites is 1. The summed E-state index contributed by atoms with van der Waals surface area (Å²) in [6.45, 7) is 5.08. The van der Waals surface area contributed by atoms with Crippen LogP contribution in [-0.2, 0) is 15.6 Å². The molecular formula is C27H32N2O4S. The predicted octanol–water partition coefficient (Wildman–Crippen LogP) is 6.16. The fraction of sp³-hybridized carbons (Fsp3) is 0.407. The number of benzene rings is 2. The average molecular weight is 481 g/mol. The molecule has 3 rings (SSSR count). The van der Waals surface area contributed by atoms with Crippen LogP contribution in [0.3, 0.4) is 0 Å². The minimum Gasteiger partial charge on any atom is -0.478 e. The highest BCUT2D eigenvalue weighted by molar-refractivity contribution is 7.85. The topological polar surface area (TPSA) is 90.6 Å². The van der Waals surface area contributed by atoms with Gasteiger partial charge in [-0.25, -0.2) is 4.79 Å². The average Bonchev–Trinajstić information content (AvgIpc) is 2.96. The van der Waals surface area contributed by atoms with E-state index in [-0.39, 0.29) is 16.7 Å². The van der Waals surface area contributed by atoms with Crippen molar-refractivity contribution in [2.24, 2.45) is 5.41 Å². The lowest BCUT2D eigenvalue weighted by Gasteiger charge is -2.37. The summed E-state index contributed by atoms with van der Waals surface area (Å²) in [4.78, 5) is 13.6. The Morgan fingerprint density at radius 3 is 2.47 bits per heavy atom. The first-order valence-electron chi connectivity index (χ1n) is 11.8. The number of carboxylic acid groups (broad SMARTS) is 1. The van der Waals surface area contributed by atoms with Crippen LogP contribution >= 0.6 is 0 Å². The second-order valence-electron chi connectivity index (χ2n) is 8.81. The van der Waals surface area contributed by atoms with E-state index in [2.05, 4.69) is 24.8 Å². The summed E-state index contributed by atoms with van der Waals surface area (Å²) in [5, 5.41) is 18.7. The third kappa shape index (κ3) is 6.06. The Bertz CT molecular complexity index is 1080. The molecule has 180 valence electrons. The molecule has 7 heteroatoms. The Hall–Kier alpha value is -3.11. The molecule has 1 atom stereocenters. The maximum absolute atomic E-state index is 13.8. The summed E-state index contributed by atoms with van der Waals surface area (Å²) in [6.07, 6.45) is 8.16. The fourth-order valence-corrected chi connectivity index (χ4v) is 6.22. The molecule has 0 saturated carbocycles. The Labute approximate surface area is 204 Å². The molecule has 0 fully saturated rings. The van der Waals surface area contributed by atoms with Gasteiger partial charge in [-0.3, -0.25) is 4.21 Å². The third-order valence-electron chi connectivity index (χ3n) is 6.24. The van der Waals surface area contributed by atoms with Crippen molar-refractivity contribution in [3.05, 3.63) is 60.4 Å². The second kappa shape index (κ2) is 11.8. The van der Waals surface area contributed by atoms with E-state index in [1.165, 1.54) is 0 Å². The molecule has 0 amide bonds. The maximum atomic E-state index is 13.8. The van der Waals surface area contributed by atoms with E-state index in [1.807, 2.05) is 30.3 Å². The molecule has 1 aliphatic rings. The number of ether oxygens (including phenoxy) is 1. The van der Waals surface area contributed by atoms with Crippen LogP contribution in [0.25, 0.3) is 0 Å². The number of anilines is 2. The molecule has 6 nitrogen and oxygen atoms in total. The number of hydrogen-bond acceptors (Lipinski definition) is 5. The summed E-state index contributed by atoms with van der Waals surface area (Å²) < 4.78 is 19.3. The monoisotopic (exact) mass is 480 g/mol. The Morgan fingerprint density at radius 2 is 1.88 bits per heavy atom. The summed E-state index contributed by atoms with van der Waals surface area (Å²) >= 11 is 0.